The number of carbonyl (C=O) groups excluding carboxylic acids is 3. The maximum atomic E-state index is 13.5. The Morgan fingerprint density at radius 2 is 1.29 bits per heavy atom. The second kappa shape index (κ2) is 13.1. The van der Waals surface area contributed by atoms with Crippen LogP contribution in [0, 0.1) is 0 Å². The number of aromatic hydroxyl groups is 1. The van der Waals surface area contributed by atoms with Crippen molar-refractivity contribution in [3.8, 4) is 5.75 Å². The van der Waals surface area contributed by atoms with Crippen LogP contribution in [0.5, 0.6) is 5.75 Å². The predicted molar refractivity (Wildman–Crippen MR) is 135 cm³/mol. The van der Waals surface area contributed by atoms with Crippen molar-refractivity contribution in [3.05, 3.63) is 102 Å². The first-order chi connectivity index (χ1) is 17.0. The summed E-state index contributed by atoms with van der Waals surface area (Å²) in [5.74, 6) is -1.00. The van der Waals surface area contributed by atoms with Crippen molar-refractivity contribution >= 4 is 17.7 Å². The number of phenolic OH excluding ortho intramolecular Hbond substituents is 1. The first-order valence-electron chi connectivity index (χ1n) is 12.0. The number of carbonyl (C=O) groups is 3. The number of nitrogens with one attached hydrogen (secondary N) is 1. The summed E-state index contributed by atoms with van der Waals surface area (Å²) >= 11 is 0. The van der Waals surface area contributed by atoms with Gasteiger partial charge in [-0.3, -0.25) is 19.3 Å². The molecule has 0 heterocycles. The highest BCUT2D eigenvalue weighted by Crippen LogP contribution is 2.16. The minimum Gasteiger partial charge on any atom is -0.508 e. The summed E-state index contributed by atoms with van der Waals surface area (Å²) in [4.78, 5) is 41.4. The molecule has 3 amide bonds. The van der Waals surface area contributed by atoms with E-state index in [-0.39, 0.29) is 31.0 Å². The average molecular weight is 473 g/mol. The average Bonchev–Trinajstić information content (AvgIpc) is 2.87. The summed E-state index contributed by atoms with van der Waals surface area (Å²) in [6.45, 7) is 2.24. The smallest absolute Gasteiger partial charge is 0.243 e. The molecular formula is C29H32N2O4. The van der Waals surface area contributed by atoms with E-state index >= 15 is 0 Å². The van der Waals surface area contributed by atoms with E-state index in [1.165, 1.54) is 4.90 Å². The quantitative estimate of drug-likeness (QED) is 0.433. The van der Waals surface area contributed by atoms with E-state index in [9.17, 15) is 19.5 Å². The minimum absolute atomic E-state index is 0.0369. The van der Waals surface area contributed by atoms with Crippen LogP contribution in [-0.2, 0) is 33.8 Å². The van der Waals surface area contributed by atoms with E-state index < -0.39 is 17.9 Å². The lowest BCUT2D eigenvalue weighted by Crippen LogP contribution is -2.53. The molecule has 0 saturated heterocycles. The molecule has 3 aromatic carbocycles. The number of benzene rings is 3. The van der Waals surface area contributed by atoms with Gasteiger partial charge in [0.1, 0.15) is 11.8 Å². The van der Waals surface area contributed by atoms with Gasteiger partial charge in [0.05, 0.1) is 12.8 Å². The number of phenols is 1. The SMILES string of the molecule is CCCCC(C(=O)NCc1ccc(O)cc1)N(C(=O)Cc1ccccc1)C(=O)Cc1ccccc1. The molecule has 6 heteroatoms. The molecule has 0 bridgehead atoms. The fourth-order valence-corrected chi connectivity index (χ4v) is 3.89. The van der Waals surface area contributed by atoms with E-state index in [4.69, 9.17) is 0 Å². The Kier molecular flexibility index (Phi) is 9.60. The second-order valence-corrected chi connectivity index (χ2v) is 8.52. The third-order valence-corrected chi connectivity index (χ3v) is 5.78. The van der Waals surface area contributed by atoms with Gasteiger partial charge in [0.2, 0.25) is 17.7 Å². The van der Waals surface area contributed by atoms with Crippen LogP contribution in [-0.4, -0.2) is 33.8 Å². The molecule has 0 spiro atoms. The van der Waals surface area contributed by atoms with Gasteiger partial charge in [0.25, 0.3) is 0 Å². The van der Waals surface area contributed by atoms with Crippen molar-refractivity contribution in [2.24, 2.45) is 0 Å². The van der Waals surface area contributed by atoms with Crippen molar-refractivity contribution in [2.75, 3.05) is 0 Å². The molecule has 3 aromatic rings. The molecule has 0 saturated carbocycles. The Balaban J connectivity index is 1.84. The maximum Gasteiger partial charge on any atom is 0.243 e. The highest BCUT2D eigenvalue weighted by atomic mass is 16.3. The van der Waals surface area contributed by atoms with Crippen LogP contribution >= 0.6 is 0 Å². The third kappa shape index (κ3) is 7.81. The largest absolute Gasteiger partial charge is 0.508 e. The number of nitrogens with zero attached hydrogens (tertiary/aromatic N) is 1. The first kappa shape index (κ1) is 25.7. The van der Waals surface area contributed by atoms with Crippen molar-refractivity contribution in [3.63, 3.8) is 0 Å². The zero-order valence-electron chi connectivity index (χ0n) is 20.0. The van der Waals surface area contributed by atoms with E-state index in [2.05, 4.69) is 5.32 Å². The molecule has 0 aromatic heterocycles. The van der Waals surface area contributed by atoms with Gasteiger partial charge in [0.15, 0.2) is 0 Å². The lowest BCUT2D eigenvalue weighted by atomic mass is 10.0. The molecule has 6 nitrogen and oxygen atoms in total. The molecule has 0 radical (unpaired) electrons. The summed E-state index contributed by atoms with van der Waals surface area (Å²) in [7, 11) is 0. The molecule has 0 aliphatic carbocycles. The van der Waals surface area contributed by atoms with Crippen LogP contribution in [0.25, 0.3) is 0 Å². The molecule has 1 unspecified atom stereocenters. The minimum atomic E-state index is -0.903. The molecule has 35 heavy (non-hydrogen) atoms. The van der Waals surface area contributed by atoms with Crippen LogP contribution < -0.4 is 5.32 Å². The summed E-state index contributed by atoms with van der Waals surface area (Å²) in [6, 6.07) is 24.1. The predicted octanol–water partition coefficient (Wildman–Crippen LogP) is 4.41. The number of hydrogen-bond acceptors (Lipinski definition) is 4. The summed E-state index contributed by atoms with van der Waals surface area (Å²) in [5.41, 5.74) is 2.38. The number of imide groups is 1. The van der Waals surface area contributed by atoms with Crippen LogP contribution in [0.15, 0.2) is 84.9 Å². The molecule has 3 rings (SSSR count). The van der Waals surface area contributed by atoms with Gasteiger partial charge in [0, 0.05) is 6.54 Å². The maximum absolute atomic E-state index is 13.5. The molecule has 1 atom stereocenters. The van der Waals surface area contributed by atoms with E-state index in [0.29, 0.717) is 12.8 Å². The second-order valence-electron chi connectivity index (χ2n) is 8.52. The Hall–Kier alpha value is -3.93. The number of amides is 3. The fourth-order valence-electron chi connectivity index (χ4n) is 3.89. The molecule has 2 N–H and O–H groups in total. The number of unbranched alkanes of at least 4 members (excludes halogenated alkanes) is 1. The molecule has 0 aliphatic heterocycles. The molecule has 0 fully saturated rings. The number of rotatable bonds is 11. The Morgan fingerprint density at radius 3 is 1.77 bits per heavy atom. The van der Waals surface area contributed by atoms with Crippen LogP contribution in [0.1, 0.15) is 42.9 Å². The van der Waals surface area contributed by atoms with Crippen LogP contribution in [0.2, 0.25) is 0 Å². The Labute approximate surface area is 206 Å². The van der Waals surface area contributed by atoms with Gasteiger partial charge in [-0.15, -0.1) is 0 Å². The third-order valence-electron chi connectivity index (χ3n) is 5.78. The van der Waals surface area contributed by atoms with E-state index in [1.54, 1.807) is 24.3 Å². The van der Waals surface area contributed by atoms with Crippen molar-refractivity contribution in [2.45, 2.75) is 51.6 Å². The lowest BCUT2D eigenvalue weighted by Gasteiger charge is -2.30. The standard InChI is InChI=1S/C29H32N2O4/c1-2-3-14-26(29(35)30-21-24-15-17-25(32)18-16-24)31(27(33)19-22-10-6-4-7-11-22)28(34)20-23-12-8-5-9-13-23/h4-13,15-18,26,32H,2-3,14,19-21H2,1H3,(H,30,35). The zero-order chi connectivity index (χ0) is 25.0. The molecule has 0 aliphatic rings. The van der Waals surface area contributed by atoms with Gasteiger partial charge >= 0.3 is 0 Å². The topological polar surface area (TPSA) is 86.7 Å². The van der Waals surface area contributed by atoms with Crippen molar-refractivity contribution in [1.29, 1.82) is 0 Å². The first-order valence-corrected chi connectivity index (χ1v) is 12.0. The van der Waals surface area contributed by atoms with Gasteiger partial charge in [-0.1, -0.05) is 92.6 Å². The molecular weight excluding hydrogens is 440 g/mol. The van der Waals surface area contributed by atoms with Gasteiger partial charge in [-0.05, 0) is 35.2 Å². The van der Waals surface area contributed by atoms with Gasteiger partial charge in [-0.2, -0.15) is 0 Å². The lowest BCUT2D eigenvalue weighted by molar-refractivity contribution is -0.151. The van der Waals surface area contributed by atoms with E-state index in [1.807, 2.05) is 67.6 Å². The summed E-state index contributed by atoms with van der Waals surface area (Å²) < 4.78 is 0. The highest BCUT2D eigenvalue weighted by molar-refractivity contribution is 6.01. The monoisotopic (exact) mass is 472 g/mol. The van der Waals surface area contributed by atoms with Crippen LogP contribution in [0.3, 0.4) is 0 Å². The zero-order valence-corrected chi connectivity index (χ0v) is 20.0. The van der Waals surface area contributed by atoms with Gasteiger partial charge in [-0.25, -0.2) is 0 Å². The van der Waals surface area contributed by atoms with Gasteiger partial charge < -0.3 is 10.4 Å². The summed E-state index contributed by atoms with van der Waals surface area (Å²) in [6.07, 6.45) is 1.99. The van der Waals surface area contributed by atoms with E-state index in [0.717, 1.165) is 23.1 Å². The van der Waals surface area contributed by atoms with Crippen LogP contribution in [0.4, 0.5) is 0 Å². The van der Waals surface area contributed by atoms with Crippen molar-refractivity contribution in [1.82, 2.24) is 10.2 Å². The Morgan fingerprint density at radius 1 is 0.771 bits per heavy atom. The summed E-state index contributed by atoms with van der Waals surface area (Å²) in [5, 5.41) is 12.4. The van der Waals surface area contributed by atoms with Crippen molar-refractivity contribution < 1.29 is 19.5 Å². The highest BCUT2D eigenvalue weighted by Gasteiger charge is 2.34. The normalized spacial score (nSPS) is 11.5. The Bertz CT molecular complexity index is 1050. The molecule has 182 valence electrons. The fraction of sp³-hybridized carbons (Fsp3) is 0.276. The number of hydrogen-bond donors (Lipinski definition) is 2.